The van der Waals surface area contributed by atoms with Crippen LogP contribution in [0.25, 0.3) is 0 Å². The van der Waals surface area contributed by atoms with Crippen LogP contribution in [0.3, 0.4) is 0 Å². The topological polar surface area (TPSA) is 32.3 Å². The van der Waals surface area contributed by atoms with Crippen molar-refractivity contribution in [2.75, 3.05) is 13.1 Å². The molecule has 1 fully saturated rings. The molecule has 2 atom stereocenters. The summed E-state index contributed by atoms with van der Waals surface area (Å²) in [5.41, 5.74) is -0.458. The fourth-order valence-electron chi connectivity index (χ4n) is 0.936. The van der Waals surface area contributed by atoms with Crippen LogP contribution in [0, 0.1) is 5.92 Å². The summed E-state index contributed by atoms with van der Waals surface area (Å²) in [6.07, 6.45) is 0. The number of β-amino-alcohol motifs (C(OH)–C–C–N with tert-alkyl or cyclic N) is 1. The maximum atomic E-state index is 9.40. The van der Waals surface area contributed by atoms with Gasteiger partial charge in [-0.05, 0) is 12.8 Å². The molecule has 2 N–H and O–H groups in total. The summed E-state index contributed by atoms with van der Waals surface area (Å²) in [5, 5.41) is 12.5. The number of hydrogen-bond acceptors (Lipinski definition) is 2. The molecule has 2 heteroatoms. The first kappa shape index (κ1) is 6.05. The summed E-state index contributed by atoms with van der Waals surface area (Å²) in [6.45, 7) is 5.62. The Kier molecular flexibility index (Phi) is 1.29. The summed E-state index contributed by atoms with van der Waals surface area (Å²) in [4.78, 5) is 0. The lowest BCUT2D eigenvalue weighted by atomic mass is 9.95. The average Bonchev–Trinajstić information content (AvgIpc) is 1.86. The van der Waals surface area contributed by atoms with Crippen LogP contribution in [0.5, 0.6) is 0 Å². The zero-order chi connectivity index (χ0) is 6.20. The van der Waals surface area contributed by atoms with E-state index in [4.69, 9.17) is 0 Å². The second-order valence-electron chi connectivity index (χ2n) is 2.89. The van der Waals surface area contributed by atoms with Gasteiger partial charge in [-0.25, -0.2) is 0 Å². The number of aliphatic hydroxyl groups is 1. The Labute approximate surface area is 49.9 Å². The maximum Gasteiger partial charge on any atom is 0.0781 e. The lowest BCUT2D eigenvalue weighted by molar-refractivity contribution is 0.0433. The first-order chi connectivity index (χ1) is 3.63. The molecule has 1 aliphatic rings. The van der Waals surface area contributed by atoms with E-state index in [9.17, 15) is 5.11 Å². The second kappa shape index (κ2) is 1.71. The first-order valence-corrected chi connectivity index (χ1v) is 3.06. The van der Waals surface area contributed by atoms with Gasteiger partial charge in [-0.1, -0.05) is 6.92 Å². The van der Waals surface area contributed by atoms with Crippen molar-refractivity contribution in [3.63, 3.8) is 0 Å². The molecule has 0 aromatic rings. The molecule has 0 saturated carbocycles. The predicted octanol–water partition coefficient (Wildman–Crippen LogP) is -0.0233. The Bertz CT molecular complexity index is 90.5. The van der Waals surface area contributed by atoms with Gasteiger partial charge in [0.2, 0.25) is 0 Å². The normalized spacial score (nSPS) is 47.6. The molecule has 0 amide bonds. The highest BCUT2D eigenvalue weighted by molar-refractivity contribution is 4.88. The van der Waals surface area contributed by atoms with Crippen LogP contribution in [-0.4, -0.2) is 23.8 Å². The Balaban J connectivity index is 2.54. The van der Waals surface area contributed by atoms with Crippen molar-refractivity contribution in [3.8, 4) is 0 Å². The standard InChI is InChI=1S/C6H13NO/c1-5-3-7-4-6(5,2)8/h5,7-8H,3-4H2,1-2H3. The summed E-state index contributed by atoms with van der Waals surface area (Å²) in [6, 6.07) is 0. The van der Waals surface area contributed by atoms with Gasteiger partial charge in [0.1, 0.15) is 0 Å². The van der Waals surface area contributed by atoms with Crippen molar-refractivity contribution < 1.29 is 5.11 Å². The van der Waals surface area contributed by atoms with E-state index < -0.39 is 5.60 Å². The largest absolute Gasteiger partial charge is 0.389 e. The van der Waals surface area contributed by atoms with Gasteiger partial charge in [0.05, 0.1) is 5.60 Å². The monoisotopic (exact) mass is 115 g/mol. The van der Waals surface area contributed by atoms with Crippen molar-refractivity contribution >= 4 is 0 Å². The Morgan fingerprint density at radius 2 is 2.38 bits per heavy atom. The molecule has 0 bridgehead atoms. The lowest BCUT2D eigenvalue weighted by Crippen LogP contribution is -2.31. The van der Waals surface area contributed by atoms with Crippen LogP contribution in [0.2, 0.25) is 0 Å². The van der Waals surface area contributed by atoms with E-state index in [0.717, 1.165) is 13.1 Å². The van der Waals surface area contributed by atoms with Gasteiger partial charge >= 0.3 is 0 Å². The van der Waals surface area contributed by atoms with E-state index >= 15 is 0 Å². The second-order valence-corrected chi connectivity index (χ2v) is 2.89. The third-order valence-corrected chi connectivity index (χ3v) is 2.00. The van der Waals surface area contributed by atoms with E-state index in [-0.39, 0.29) is 0 Å². The molecule has 2 unspecified atom stereocenters. The van der Waals surface area contributed by atoms with Gasteiger partial charge in [-0.15, -0.1) is 0 Å². The lowest BCUT2D eigenvalue weighted by Gasteiger charge is -2.19. The Morgan fingerprint density at radius 1 is 1.75 bits per heavy atom. The molecular formula is C6H13NO. The minimum Gasteiger partial charge on any atom is -0.389 e. The zero-order valence-electron chi connectivity index (χ0n) is 5.44. The van der Waals surface area contributed by atoms with E-state index in [1.165, 1.54) is 0 Å². The summed E-state index contributed by atoms with van der Waals surface area (Å²) < 4.78 is 0. The summed E-state index contributed by atoms with van der Waals surface area (Å²) in [5.74, 6) is 0.405. The Hall–Kier alpha value is -0.0800. The molecule has 8 heavy (non-hydrogen) atoms. The molecule has 2 nitrogen and oxygen atoms in total. The first-order valence-electron chi connectivity index (χ1n) is 3.06. The average molecular weight is 115 g/mol. The number of hydrogen-bond donors (Lipinski definition) is 2. The fraction of sp³-hybridized carbons (Fsp3) is 1.00. The van der Waals surface area contributed by atoms with Crippen LogP contribution in [0.15, 0.2) is 0 Å². The molecule has 1 heterocycles. The molecule has 48 valence electrons. The summed E-state index contributed by atoms with van der Waals surface area (Å²) >= 11 is 0. The maximum absolute atomic E-state index is 9.40. The number of rotatable bonds is 0. The van der Waals surface area contributed by atoms with Crippen LogP contribution >= 0.6 is 0 Å². The van der Waals surface area contributed by atoms with Crippen LogP contribution in [0.1, 0.15) is 13.8 Å². The van der Waals surface area contributed by atoms with E-state index in [1.807, 2.05) is 6.92 Å². The molecule has 0 spiro atoms. The highest BCUT2D eigenvalue weighted by Crippen LogP contribution is 2.19. The molecule has 1 saturated heterocycles. The summed E-state index contributed by atoms with van der Waals surface area (Å²) in [7, 11) is 0. The molecule has 1 rings (SSSR count). The van der Waals surface area contributed by atoms with Crippen molar-refractivity contribution in [2.24, 2.45) is 5.92 Å². The molecule has 0 radical (unpaired) electrons. The van der Waals surface area contributed by atoms with Crippen molar-refractivity contribution in [1.29, 1.82) is 0 Å². The molecular weight excluding hydrogens is 102 g/mol. The third-order valence-electron chi connectivity index (χ3n) is 2.00. The molecule has 0 aliphatic carbocycles. The van der Waals surface area contributed by atoms with E-state index in [2.05, 4.69) is 12.2 Å². The van der Waals surface area contributed by atoms with Crippen molar-refractivity contribution in [2.45, 2.75) is 19.4 Å². The number of nitrogens with one attached hydrogen (secondary N) is 1. The highest BCUT2D eigenvalue weighted by Gasteiger charge is 2.32. The molecule has 0 aromatic heterocycles. The van der Waals surface area contributed by atoms with Crippen LogP contribution < -0.4 is 5.32 Å². The third kappa shape index (κ3) is 0.858. The van der Waals surface area contributed by atoms with Gasteiger partial charge in [-0.3, -0.25) is 0 Å². The highest BCUT2D eigenvalue weighted by atomic mass is 16.3. The van der Waals surface area contributed by atoms with E-state index in [0.29, 0.717) is 5.92 Å². The smallest absolute Gasteiger partial charge is 0.0781 e. The van der Waals surface area contributed by atoms with E-state index in [1.54, 1.807) is 0 Å². The van der Waals surface area contributed by atoms with Crippen LogP contribution in [0.4, 0.5) is 0 Å². The van der Waals surface area contributed by atoms with Gasteiger partial charge in [-0.2, -0.15) is 0 Å². The van der Waals surface area contributed by atoms with Crippen LogP contribution in [-0.2, 0) is 0 Å². The van der Waals surface area contributed by atoms with Crippen molar-refractivity contribution in [1.82, 2.24) is 5.32 Å². The zero-order valence-corrected chi connectivity index (χ0v) is 5.44. The molecule has 1 aliphatic heterocycles. The minimum absolute atomic E-state index is 0.405. The van der Waals surface area contributed by atoms with Gasteiger partial charge < -0.3 is 10.4 Å². The minimum atomic E-state index is -0.458. The fourth-order valence-corrected chi connectivity index (χ4v) is 0.936. The predicted molar refractivity (Wildman–Crippen MR) is 32.7 cm³/mol. The van der Waals surface area contributed by atoms with Gasteiger partial charge in [0.25, 0.3) is 0 Å². The SMILES string of the molecule is CC1CNCC1(C)O. The Morgan fingerprint density at radius 3 is 2.50 bits per heavy atom. The molecule has 0 aromatic carbocycles. The van der Waals surface area contributed by atoms with Gasteiger partial charge in [0, 0.05) is 13.1 Å². The van der Waals surface area contributed by atoms with Gasteiger partial charge in [0.15, 0.2) is 0 Å². The van der Waals surface area contributed by atoms with Crippen molar-refractivity contribution in [3.05, 3.63) is 0 Å². The quantitative estimate of drug-likeness (QED) is 0.465.